The molecule has 0 amide bonds. The molecule has 0 fully saturated rings. The minimum Gasteiger partial charge on any atom is -0.245 e. The third kappa shape index (κ3) is 4.31. The Morgan fingerprint density at radius 1 is 1.10 bits per heavy atom. The van der Waals surface area contributed by atoms with Crippen LogP contribution in [0.2, 0.25) is 0 Å². The van der Waals surface area contributed by atoms with Crippen LogP contribution in [0.1, 0.15) is 23.6 Å². The summed E-state index contributed by atoms with van der Waals surface area (Å²) in [5.41, 5.74) is 4.21. The number of H-pyrrole nitrogens is 1. The Morgan fingerprint density at radius 2 is 1.90 bits per heavy atom. The third-order valence-electron chi connectivity index (χ3n) is 4.68. The highest BCUT2D eigenvalue weighted by Crippen LogP contribution is 2.29. The van der Waals surface area contributed by atoms with E-state index in [0.717, 1.165) is 33.9 Å². The molecule has 2 aromatic heterocycles. The zero-order chi connectivity index (χ0) is 20.8. The molecule has 0 atom stereocenters. The SMILES string of the molecule is C#CCCc1nc(CC=S)nn1Cc1ccc(-c2ccccc2-c2nnn[nH]2)cc1. The normalized spacial score (nSPS) is 10.6. The molecule has 0 unspecified atom stereocenters. The number of nitrogens with one attached hydrogen (secondary N) is 1. The highest BCUT2D eigenvalue weighted by Gasteiger charge is 2.12. The summed E-state index contributed by atoms with van der Waals surface area (Å²) in [6.07, 6.45) is 7.30. The molecule has 0 radical (unpaired) electrons. The maximum atomic E-state index is 5.42. The number of hydrogen-bond donors (Lipinski definition) is 1. The monoisotopic (exact) mass is 413 g/mol. The minimum atomic E-state index is 0.567. The highest BCUT2D eigenvalue weighted by molar-refractivity contribution is 7.78. The van der Waals surface area contributed by atoms with E-state index in [-0.39, 0.29) is 0 Å². The number of tetrazole rings is 1. The van der Waals surface area contributed by atoms with Gasteiger partial charge in [-0.05, 0) is 32.5 Å². The summed E-state index contributed by atoms with van der Waals surface area (Å²) in [6, 6.07) is 16.4. The van der Waals surface area contributed by atoms with E-state index in [9.17, 15) is 0 Å². The van der Waals surface area contributed by atoms with Crippen molar-refractivity contribution in [3.63, 3.8) is 0 Å². The fourth-order valence-electron chi connectivity index (χ4n) is 3.26. The van der Waals surface area contributed by atoms with Crippen molar-refractivity contribution >= 4 is 17.6 Å². The first-order valence-corrected chi connectivity index (χ1v) is 9.97. The van der Waals surface area contributed by atoms with Crippen molar-refractivity contribution in [3.05, 3.63) is 65.7 Å². The largest absolute Gasteiger partial charge is 0.245 e. The van der Waals surface area contributed by atoms with Crippen molar-refractivity contribution in [2.24, 2.45) is 0 Å². The lowest BCUT2D eigenvalue weighted by atomic mass is 9.98. The van der Waals surface area contributed by atoms with Crippen LogP contribution in [0.15, 0.2) is 48.5 Å². The van der Waals surface area contributed by atoms with Crippen LogP contribution in [-0.4, -0.2) is 40.8 Å². The van der Waals surface area contributed by atoms with Crippen molar-refractivity contribution in [3.8, 4) is 34.9 Å². The maximum Gasteiger partial charge on any atom is 0.180 e. The zero-order valence-electron chi connectivity index (χ0n) is 16.2. The van der Waals surface area contributed by atoms with E-state index in [4.69, 9.17) is 18.6 Å². The number of benzene rings is 2. The molecule has 0 saturated heterocycles. The van der Waals surface area contributed by atoms with Crippen LogP contribution in [0.3, 0.4) is 0 Å². The molecule has 0 aliphatic carbocycles. The molecule has 148 valence electrons. The Kier molecular flexibility index (Phi) is 6.01. The van der Waals surface area contributed by atoms with Gasteiger partial charge in [0.25, 0.3) is 0 Å². The number of nitrogens with zero attached hydrogens (tertiary/aromatic N) is 6. The standard InChI is InChI=1S/C22H19N7S/c1-2-3-8-21-23-20(13-14-30)26-29(21)15-16-9-11-17(12-10-16)18-6-4-5-7-19(18)22-24-27-28-25-22/h1,4-7,9-12,14H,3,8,13,15H2,(H,24,25,27,28). The van der Waals surface area contributed by atoms with Gasteiger partial charge < -0.3 is 0 Å². The molecule has 30 heavy (non-hydrogen) atoms. The van der Waals surface area contributed by atoms with Crippen LogP contribution in [0.4, 0.5) is 0 Å². The predicted octanol–water partition coefficient (Wildman–Crippen LogP) is 3.28. The average molecular weight is 414 g/mol. The molecule has 1 N–H and O–H groups in total. The van der Waals surface area contributed by atoms with Gasteiger partial charge in [0.2, 0.25) is 0 Å². The molecule has 4 aromatic rings. The number of thiocarbonyl (C=S) groups is 1. The first kappa shape index (κ1) is 19.6. The van der Waals surface area contributed by atoms with Gasteiger partial charge in [0.1, 0.15) is 5.82 Å². The van der Waals surface area contributed by atoms with Crippen LogP contribution in [0.25, 0.3) is 22.5 Å². The highest BCUT2D eigenvalue weighted by atomic mass is 32.1. The summed E-state index contributed by atoms with van der Waals surface area (Å²) in [5.74, 6) is 4.91. The third-order valence-corrected chi connectivity index (χ3v) is 4.84. The van der Waals surface area contributed by atoms with Crippen LogP contribution >= 0.6 is 12.2 Å². The summed E-state index contributed by atoms with van der Waals surface area (Å²) in [7, 11) is 0. The molecule has 0 aliphatic heterocycles. The van der Waals surface area contributed by atoms with Gasteiger partial charge in [0.05, 0.1) is 6.54 Å². The van der Waals surface area contributed by atoms with Crippen LogP contribution in [0.5, 0.6) is 0 Å². The molecule has 0 aliphatic rings. The van der Waals surface area contributed by atoms with E-state index in [1.165, 1.54) is 0 Å². The number of rotatable bonds is 8. The second-order valence-electron chi connectivity index (χ2n) is 6.67. The van der Waals surface area contributed by atoms with Gasteiger partial charge in [0.15, 0.2) is 11.6 Å². The lowest BCUT2D eigenvalue weighted by molar-refractivity contribution is 0.633. The molecule has 7 nitrogen and oxygen atoms in total. The Labute approximate surface area is 179 Å². The predicted molar refractivity (Wildman–Crippen MR) is 119 cm³/mol. The molecule has 0 saturated carbocycles. The van der Waals surface area contributed by atoms with Crippen LogP contribution in [-0.2, 0) is 19.4 Å². The average Bonchev–Trinajstić information content (AvgIpc) is 3.44. The molecule has 2 heterocycles. The second kappa shape index (κ2) is 9.20. The molecule has 4 rings (SSSR count). The van der Waals surface area contributed by atoms with E-state index < -0.39 is 0 Å². The van der Waals surface area contributed by atoms with Crippen molar-refractivity contribution in [2.45, 2.75) is 25.8 Å². The van der Waals surface area contributed by atoms with Crippen LogP contribution in [0, 0.1) is 12.3 Å². The van der Waals surface area contributed by atoms with Gasteiger partial charge in [0, 0.05) is 24.8 Å². The Hall–Kier alpha value is -3.70. The summed E-state index contributed by atoms with van der Waals surface area (Å²) >= 11 is 4.94. The lowest BCUT2D eigenvalue weighted by Crippen LogP contribution is -2.07. The number of aryl methyl sites for hydroxylation is 1. The number of aromatic amines is 1. The van der Waals surface area contributed by atoms with Crippen LogP contribution < -0.4 is 0 Å². The summed E-state index contributed by atoms with van der Waals surface area (Å²) < 4.78 is 1.91. The van der Waals surface area contributed by atoms with Crippen molar-refractivity contribution in [1.82, 2.24) is 35.4 Å². The fraction of sp³-hybridized carbons (Fsp3) is 0.182. The van der Waals surface area contributed by atoms with E-state index in [2.05, 4.69) is 67.0 Å². The first-order chi connectivity index (χ1) is 14.8. The summed E-state index contributed by atoms with van der Waals surface area (Å²) in [5, 5.41) is 20.5. The Bertz CT molecular complexity index is 1170. The topological polar surface area (TPSA) is 85.2 Å². The van der Waals surface area contributed by atoms with Gasteiger partial charge in [-0.25, -0.2) is 14.8 Å². The number of aromatic nitrogens is 7. The van der Waals surface area contributed by atoms with E-state index in [1.807, 2.05) is 22.9 Å². The van der Waals surface area contributed by atoms with E-state index in [0.29, 0.717) is 31.6 Å². The maximum absolute atomic E-state index is 5.42. The van der Waals surface area contributed by atoms with Crippen molar-refractivity contribution in [1.29, 1.82) is 0 Å². The number of terminal acetylenes is 1. The molecule has 0 bridgehead atoms. The molecular weight excluding hydrogens is 394 g/mol. The van der Waals surface area contributed by atoms with Gasteiger partial charge in [-0.15, -0.1) is 17.4 Å². The van der Waals surface area contributed by atoms with Gasteiger partial charge in [-0.3, -0.25) is 0 Å². The number of hydrogen-bond acceptors (Lipinski definition) is 6. The summed E-state index contributed by atoms with van der Waals surface area (Å²) in [6.45, 7) is 0.623. The molecule has 8 heteroatoms. The molecule has 0 spiro atoms. The van der Waals surface area contributed by atoms with Crippen molar-refractivity contribution < 1.29 is 0 Å². The fourth-order valence-corrected chi connectivity index (χ4v) is 3.41. The Morgan fingerprint density at radius 3 is 2.60 bits per heavy atom. The quantitative estimate of drug-likeness (QED) is 0.352. The Balaban J connectivity index is 1.59. The smallest absolute Gasteiger partial charge is 0.180 e. The van der Waals surface area contributed by atoms with Gasteiger partial charge in [-0.1, -0.05) is 60.7 Å². The minimum absolute atomic E-state index is 0.567. The lowest BCUT2D eigenvalue weighted by Gasteiger charge is -2.09. The molecule has 2 aromatic carbocycles. The van der Waals surface area contributed by atoms with Gasteiger partial charge >= 0.3 is 0 Å². The first-order valence-electron chi connectivity index (χ1n) is 9.50. The van der Waals surface area contributed by atoms with E-state index in [1.54, 1.807) is 5.37 Å². The molecular formula is C22H19N7S. The zero-order valence-corrected chi connectivity index (χ0v) is 17.0. The second-order valence-corrected chi connectivity index (χ2v) is 7.00. The summed E-state index contributed by atoms with van der Waals surface area (Å²) in [4.78, 5) is 4.57. The van der Waals surface area contributed by atoms with Gasteiger partial charge in [-0.2, -0.15) is 5.10 Å². The van der Waals surface area contributed by atoms with Crippen molar-refractivity contribution in [2.75, 3.05) is 0 Å². The van der Waals surface area contributed by atoms with E-state index >= 15 is 0 Å².